The molecule has 2 bridgehead atoms. The minimum atomic E-state index is -0.869. The van der Waals surface area contributed by atoms with E-state index in [1.807, 2.05) is 0 Å². The Morgan fingerprint density at radius 1 is 1.17 bits per heavy atom. The first-order valence-corrected chi connectivity index (χ1v) is 7.92. The highest BCUT2D eigenvalue weighted by atomic mass is 19.1. The Morgan fingerprint density at radius 2 is 1.91 bits per heavy atom. The Morgan fingerprint density at radius 3 is 2.52 bits per heavy atom. The Kier molecular flexibility index (Phi) is 4.59. The van der Waals surface area contributed by atoms with E-state index in [0.717, 1.165) is 24.5 Å². The van der Waals surface area contributed by atoms with Crippen molar-refractivity contribution < 1.29 is 23.1 Å². The van der Waals surface area contributed by atoms with E-state index in [4.69, 9.17) is 4.74 Å². The lowest BCUT2D eigenvalue weighted by Gasteiger charge is -2.20. The number of amides is 1. The molecule has 1 aromatic carbocycles. The number of hydrogen-bond acceptors (Lipinski definition) is 3. The van der Waals surface area contributed by atoms with Crippen molar-refractivity contribution in [3.05, 3.63) is 29.8 Å². The first-order valence-electron chi connectivity index (χ1n) is 7.92. The maximum atomic E-state index is 13.4. The van der Waals surface area contributed by atoms with Gasteiger partial charge in [-0.05, 0) is 49.1 Å². The molecule has 0 radical (unpaired) electrons. The molecule has 0 aliphatic heterocycles. The first kappa shape index (κ1) is 15.9. The Balaban J connectivity index is 1.44. The molecule has 124 valence electrons. The maximum absolute atomic E-state index is 13.4. The fourth-order valence-electron chi connectivity index (χ4n) is 3.84. The molecule has 1 N–H and O–H groups in total. The smallest absolute Gasteiger partial charge is 0.306 e. The molecule has 2 saturated carbocycles. The summed E-state index contributed by atoms with van der Waals surface area (Å²) in [6.45, 7) is -0.534. The lowest BCUT2D eigenvalue weighted by atomic mass is 9.86. The number of carbonyl (C=O) groups is 2. The van der Waals surface area contributed by atoms with Crippen LogP contribution in [0.2, 0.25) is 0 Å². The fourth-order valence-corrected chi connectivity index (χ4v) is 3.84. The van der Waals surface area contributed by atoms with E-state index in [-0.39, 0.29) is 0 Å². The molecule has 2 aliphatic rings. The quantitative estimate of drug-likeness (QED) is 0.846. The topological polar surface area (TPSA) is 55.4 Å². The summed E-state index contributed by atoms with van der Waals surface area (Å²) in [5.41, 5.74) is -0.526. The van der Waals surface area contributed by atoms with Gasteiger partial charge < -0.3 is 10.1 Å². The predicted molar refractivity (Wildman–Crippen MR) is 79.5 cm³/mol. The second-order valence-corrected chi connectivity index (χ2v) is 6.44. The molecule has 3 atom stereocenters. The van der Waals surface area contributed by atoms with Crippen molar-refractivity contribution in [3.63, 3.8) is 0 Å². The van der Waals surface area contributed by atoms with Crippen molar-refractivity contribution in [2.75, 3.05) is 11.9 Å². The third kappa shape index (κ3) is 3.68. The zero-order valence-corrected chi connectivity index (χ0v) is 12.7. The Bertz CT molecular complexity index is 600. The lowest BCUT2D eigenvalue weighted by Crippen LogP contribution is -2.24. The zero-order valence-electron chi connectivity index (χ0n) is 12.7. The minimum Gasteiger partial charge on any atom is -0.456 e. The predicted octanol–water partition coefficient (Wildman–Crippen LogP) is 3.27. The summed E-state index contributed by atoms with van der Waals surface area (Å²) in [4.78, 5) is 23.5. The normalized spacial score (nSPS) is 25.4. The molecule has 6 heteroatoms. The van der Waals surface area contributed by atoms with E-state index in [0.29, 0.717) is 18.3 Å². The van der Waals surface area contributed by atoms with Crippen LogP contribution in [0.1, 0.15) is 32.1 Å². The summed E-state index contributed by atoms with van der Waals surface area (Å²) in [5.74, 6) is -1.22. The second kappa shape index (κ2) is 6.64. The van der Waals surface area contributed by atoms with Crippen LogP contribution in [0.4, 0.5) is 14.5 Å². The monoisotopic (exact) mass is 323 g/mol. The van der Waals surface area contributed by atoms with Crippen molar-refractivity contribution in [1.82, 2.24) is 0 Å². The van der Waals surface area contributed by atoms with Gasteiger partial charge in [0.25, 0.3) is 5.91 Å². The highest BCUT2D eigenvalue weighted by Crippen LogP contribution is 2.49. The van der Waals surface area contributed by atoms with E-state index in [9.17, 15) is 18.4 Å². The van der Waals surface area contributed by atoms with E-state index in [1.54, 1.807) is 0 Å². The number of nitrogens with one attached hydrogen (secondary N) is 1. The highest BCUT2D eigenvalue weighted by Gasteiger charge is 2.40. The number of hydrogen-bond donors (Lipinski definition) is 1. The largest absolute Gasteiger partial charge is 0.456 e. The van der Waals surface area contributed by atoms with E-state index in [2.05, 4.69) is 5.32 Å². The van der Waals surface area contributed by atoms with Gasteiger partial charge in [-0.2, -0.15) is 0 Å². The van der Waals surface area contributed by atoms with Crippen molar-refractivity contribution in [3.8, 4) is 0 Å². The average molecular weight is 323 g/mol. The number of esters is 1. The number of ether oxygens (including phenoxy) is 1. The molecule has 1 aromatic rings. The number of rotatable bonds is 5. The molecule has 0 aromatic heterocycles. The van der Waals surface area contributed by atoms with Gasteiger partial charge in [0.15, 0.2) is 6.61 Å². The van der Waals surface area contributed by atoms with Gasteiger partial charge in [-0.15, -0.1) is 0 Å². The van der Waals surface area contributed by atoms with Gasteiger partial charge in [0.1, 0.15) is 17.3 Å². The third-order valence-electron chi connectivity index (χ3n) is 4.90. The molecule has 0 spiro atoms. The second-order valence-electron chi connectivity index (χ2n) is 6.44. The molecule has 4 nitrogen and oxygen atoms in total. The molecular weight excluding hydrogens is 304 g/mol. The number of fused-ring (bicyclic) bond motifs is 2. The van der Waals surface area contributed by atoms with Gasteiger partial charge in [0.2, 0.25) is 0 Å². The number of benzene rings is 1. The van der Waals surface area contributed by atoms with Crippen LogP contribution in [0.25, 0.3) is 0 Å². The Labute approximate surface area is 133 Å². The molecule has 23 heavy (non-hydrogen) atoms. The molecule has 1 amide bonds. The standard InChI is InChI=1S/C17H19F2NO3/c18-13-2-1-3-14(19)17(13)20-15(21)9-23-16(22)8-12-7-10-4-5-11(12)6-10/h1-3,10-12H,4-9H2,(H,20,21)/t10-,11-,12-/m0/s1. The summed E-state index contributed by atoms with van der Waals surface area (Å²) >= 11 is 0. The fraction of sp³-hybridized carbons (Fsp3) is 0.529. The van der Waals surface area contributed by atoms with Gasteiger partial charge in [0.05, 0.1) is 0 Å². The van der Waals surface area contributed by atoms with Crippen LogP contribution in [-0.2, 0) is 14.3 Å². The molecule has 2 fully saturated rings. The molecule has 0 unspecified atom stereocenters. The van der Waals surface area contributed by atoms with Gasteiger partial charge >= 0.3 is 5.97 Å². The van der Waals surface area contributed by atoms with E-state index < -0.39 is 35.8 Å². The van der Waals surface area contributed by atoms with Crippen LogP contribution in [0.3, 0.4) is 0 Å². The van der Waals surface area contributed by atoms with Gasteiger partial charge in [-0.3, -0.25) is 9.59 Å². The van der Waals surface area contributed by atoms with Crippen LogP contribution in [0, 0.1) is 29.4 Å². The summed E-state index contributed by atoms with van der Waals surface area (Å²) in [6.07, 6.45) is 5.02. The van der Waals surface area contributed by atoms with Crippen LogP contribution in [0.15, 0.2) is 18.2 Å². The first-order chi connectivity index (χ1) is 11.0. The molecule has 2 aliphatic carbocycles. The molecule has 0 saturated heterocycles. The van der Waals surface area contributed by atoms with Crippen molar-refractivity contribution in [2.24, 2.45) is 17.8 Å². The number of carbonyl (C=O) groups excluding carboxylic acids is 2. The van der Waals surface area contributed by atoms with Crippen LogP contribution in [-0.4, -0.2) is 18.5 Å². The molecule has 0 heterocycles. The molecule has 3 rings (SSSR count). The number of para-hydroxylation sites is 1. The SMILES string of the molecule is O=C(COC(=O)C[C@@H]1C[C@H]2CC[C@H]1C2)Nc1c(F)cccc1F. The van der Waals surface area contributed by atoms with Gasteiger partial charge in [-0.1, -0.05) is 12.5 Å². The summed E-state index contributed by atoms with van der Waals surface area (Å²) in [6, 6.07) is 3.29. The van der Waals surface area contributed by atoms with Crippen molar-refractivity contribution in [2.45, 2.75) is 32.1 Å². The summed E-state index contributed by atoms with van der Waals surface area (Å²) < 4.78 is 31.7. The van der Waals surface area contributed by atoms with E-state index >= 15 is 0 Å². The van der Waals surface area contributed by atoms with Crippen molar-refractivity contribution in [1.29, 1.82) is 0 Å². The third-order valence-corrected chi connectivity index (χ3v) is 4.90. The van der Waals surface area contributed by atoms with Crippen LogP contribution >= 0.6 is 0 Å². The molecular formula is C17H19F2NO3. The van der Waals surface area contributed by atoms with Gasteiger partial charge in [0, 0.05) is 6.42 Å². The van der Waals surface area contributed by atoms with Crippen LogP contribution < -0.4 is 5.32 Å². The van der Waals surface area contributed by atoms with E-state index in [1.165, 1.54) is 25.3 Å². The average Bonchev–Trinajstić information content (AvgIpc) is 3.12. The number of anilines is 1. The van der Waals surface area contributed by atoms with Crippen molar-refractivity contribution >= 4 is 17.6 Å². The minimum absolute atomic E-state index is 0.322. The maximum Gasteiger partial charge on any atom is 0.306 e. The Hall–Kier alpha value is -1.98. The van der Waals surface area contributed by atoms with Crippen LogP contribution in [0.5, 0.6) is 0 Å². The van der Waals surface area contributed by atoms with Gasteiger partial charge in [-0.25, -0.2) is 8.78 Å². The number of halogens is 2. The lowest BCUT2D eigenvalue weighted by molar-refractivity contribution is -0.148. The zero-order chi connectivity index (χ0) is 16.4. The summed E-state index contributed by atoms with van der Waals surface area (Å²) in [7, 11) is 0. The summed E-state index contributed by atoms with van der Waals surface area (Å²) in [5, 5.41) is 2.09. The highest BCUT2D eigenvalue weighted by molar-refractivity contribution is 5.93.